The van der Waals surface area contributed by atoms with Gasteiger partial charge in [-0.2, -0.15) is 0 Å². The van der Waals surface area contributed by atoms with Crippen molar-refractivity contribution in [1.82, 2.24) is 0 Å². The van der Waals surface area contributed by atoms with E-state index >= 15 is 0 Å². The number of hydrogen-bond donors (Lipinski definition) is 0. The molecular formula is C70H67NO. The Morgan fingerprint density at radius 2 is 1.10 bits per heavy atom. The van der Waals surface area contributed by atoms with Gasteiger partial charge in [-0.25, -0.2) is 0 Å². The first-order valence-electron chi connectivity index (χ1n) is 26.8. The van der Waals surface area contributed by atoms with Gasteiger partial charge in [0.05, 0.1) is 5.41 Å². The summed E-state index contributed by atoms with van der Waals surface area (Å²) in [6.45, 7) is 7.53. The Morgan fingerprint density at radius 1 is 0.486 bits per heavy atom. The summed E-state index contributed by atoms with van der Waals surface area (Å²) in [4.78, 5) is 2.41. The van der Waals surface area contributed by atoms with Crippen LogP contribution in [0.1, 0.15) is 127 Å². The van der Waals surface area contributed by atoms with Gasteiger partial charge in [-0.15, -0.1) is 0 Å². The summed E-state index contributed by atoms with van der Waals surface area (Å²) in [6.07, 6.45) is 10.9. The van der Waals surface area contributed by atoms with E-state index in [-0.39, 0.29) is 0 Å². The van der Waals surface area contributed by atoms with Crippen LogP contribution in [-0.2, 0) is 31.3 Å². The molecule has 0 amide bonds. The van der Waals surface area contributed by atoms with Gasteiger partial charge in [0.1, 0.15) is 12.4 Å². The molecule has 0 heterocycles. The van der Waals surface area contributed by atoms with Gasteiger partial charge in [-0.3, -0.25) is 0 Å². The molecule has 0 bridgehead atoms. The van der Waals surface area contributed by atoms with Gasteiger partial charge in [-0.05, 0) is 177 Å². The van der Waals surface area contributed by atoms with Crippen molar-refractivity contribution in [3.63, 3.8) is 0 Å². The summed E-state index contributed by atoms with van der Waals surface area (Å²) >= 11 is 0. The predicted octanol–water partition coefficient (Wildman–Crippen LogP) is 18.7. The predicted molar refractivity (Wildman–Crippen MR) is 302 cm³/mol. The number of hydrogen-bond acceptors (Lipinski definition) is 2. The van der Waals surface area contributed by atoms with E-state index < -0.39 is 5.41 Å². The third-order valence-corrected chi connectivity index (χ3v) is 16.0. The Balaban J connectivity index is 0.920. The van der Waals surface area contributed by atoms with Gasteiger partial charge < -0.3 is 9.64 Å². The third-order valence-electron chi connectivity index (χ3n) is 16.0. The molecule has 9 aromatic rings. The summed E-state index contributed by atoms with van der Waals surface area (Å²) in [6, 6.07) is 81.6. The second kappa shape index (κ2) is 21.1. The molecule has 72 heavy (non-hydrogen) atoms. The van der Waals surface area contributed by atoms with Gasteiger partial charge in [0.25, 0.3) is 0 Å². The molecule has 0 spiro atoms. The van der Waals surface area contributed by atoms with Crippen LogP contribution >= 0.6 is 0 Å². The molecule has 2 aliphatic carbocycles. The number of unbranched alkanes of at least 4 members (excludes halogenated alkanes) is 3. The highest BCUT2D eigenvalue weighted by molar-refractivity contribution is 5.89. The van der Waals surface area contributed by atoms with Gasteiger partial charge in [0, 0.05) is 17.1 Å². The number of anilines is 3. The minimum absolute atomic E-state index is 0.479. The largest absolute Gasteiger partial charge is 0.489 e. The van der Waals surface area contributed by atoms with E-state index in [1.807, 2.05) is 0 Å². The van der Waals surface area contributed by atoms with Crippen molar-refractivity contribution in [1.29, 1.82) is 0 Å². The molecule has 0 saturated heterocycles. The first-order valence-corrected chi connectivity index (χ1v) is 26.8. The minimum Gasteiger partial charge on any atom is -0.489 e. The topological polar surface area (TPSA) is 12.5 Å². The van der Waals surface area contributed by atoms with Crippen LogP contribution in [0, 0.1) is 0 Å². The molecule has 2 nitrogen and oxygen atoms in total. The van der Waals surface area contributed by atoms with E-state index in [4.69, 9.17) is 4.74 Å². The average molecular weight is 938 g/mol. The number of benzene rings is 9. The van der Waals surface area contributed by atoms with Crippen molar-refractivity contribution in [2.24, 2.45) is 0 Å². The first-order chi connectivity index (χ1) is 35.5. The van der Waals surface area contributed by atoms with E-state index in [2.05, 4.69) is 244 Å². The smallest absolute Gasteiger partial charge is 0.119 e. The Hall–Kier alpha value is -7.42. The summed E-state index contributed by atoms with van der Waals surface area (Å²) in [7, 11) is 0. The highest BCUT2D eigenvalue weighted by atomic mass is 16.5. The summed E-state index contributed by atoms with van der Waals surface area (Å²) < 4.78 is 6.60. The van der Waals surface area contributed by atoms with Crippen LogP contribution in [0.25, 0.3) is 22.3 Å². The lowest BCUT2D eigenvalue weighted by Gasteiger charge is -2.35. The zero-order valence-corrected chi connectivity index (χ0v) is 42.4. The van der Waals surface area contributed by atoms with E-state index in [9.17, 15) is 0 Å². The molecule has 0 N–H and O–H groups in total. The Labute approximate surface area is 429 Å². The first kappa shape index (κ1) is 46.9. The molecular weight excluding hydrogens is 871 g/mol. The highest BCUT2D eigenvalue weighted by Gasteiger charge is 2.46. The quantitative estimate of drug-likeness (QED) is 0.0749. The van der Waals surface area contributed by atoms with Crippen molar-refractivity contribution in [3.8, 4) is 28.0 Å². The third kappa shape index (κ3) is 9.32. The molecule has 0 saturated carbocycles. The molecule has 0 aromatic heterocycles. The zero-order valence-electron chi connectivity index (χ0n) is 42.4. The number of rotatable bonds is 19. The van der Waals surface area contributed by atoms with Crippen LogP contribution in [0.4, 0.5) is 17.1 Å². The standard InChI is InChI=1S/C70H67NO/c1-4-6-7-10-17-51-26-36-60(37-27-51)70(61-38-43-65(44-39-61)72-49-52-24-28-54(29-25-52)50(3)46-53(5-2)58-32-30-57-31-33-59(57)47-58)68-23-16-15-22-66(68)67-45-42-64(48-69(67)70)71(62-20-13-9-14-21-62)63-40-34-56(35-41-63)55-18-11-8-12-19-55/h8-9,11-16,18-30,32,34-45,47-48,50,53H,4-7,10,17,31,33,46,49H2,1-3H3. The van der Waals surface area contributed by atoms with Gasteiger partial charge >= 0.3 is 0 Å². The summed E-state index contributed by atoms with van der Waals surface area (Å²) in [5.74, 6) is 1.93. The van der Waals surface area contributed by atoms with Crippen LogP contribution in [0.5, 0.6) is 5.75 Å². The lowest BCUT2D eigenvalue weighted by Crippen LogP contribution is -2.29. The molecule has 11 rings (SSSR count). The van der Waals surface area contributed by atoms with Crippen molar-refractivity contribution in [2.75, 3.05) is 4.90 Å². The number of para-hydroxylation sites is 1. The second-order valence-electron chi connectivity index (χ2n) is 20.4. The molecule has 0 aliphatic heterocycles. The maximum atomic E-state index is 6.60. The highest BCUT2D eigenvalue weighted by Crippen LogP contribution is 2.57. The van der Waals surface area contributed by atoms with Crippen molar-refractivity contribution in [2.45, 2.75) is 102 Å². The Morgan fingerprint density at radius 3 is 1.79 bits per heavy atom. The SMILES string of the molecule is CCCCCCc1ccc(C2(c3ccc(OCc4ccc(C(C)CC(CC)c5ccc6c(c5)CC6)cc4)cc3)c3ccccc3-c3ccc(N(c4ccccc4)c4ccc(-c5ccccc5)cc4)cc32)cc1. The van der Waals surface area contributed by atoms with E-state index in [0.29, 0.717) is 18.4 Å². The molecule has 3 atom stereocenters. The number of nitrogens with zero attached hydrogens (tertiary/aromatic N) is 1. The lowest BCUT2D eigenvalue weighted by molar-refractivity contribution is 0.306. The minimum atomic E-state index is -0.578. The van der Waals surface area contributed by atoms with Crippen molar-refractivity contribution < 1.29 is 4.74 Å². The normalized spacial score (nSPS) is 15.2. The fraction of sp³-hybridized carbons (Fsp3) is 0.229. The van der Waals surface area contributed by atoms with E-state index in [0.717, 1.165) is 42.1 Å². The number of ether oxygens (including phenoxy) is 1. The fourth-order valence-electron chi connectivity index (χ4n) is 11.8. The molecule has 358 valence electrons. The summed E-state index contributed by atoms with van der Waals surface area (Å²) in [5, 5.41) is 0. The van der Waals surface area contributed by atoms with Gasteiger partial charge in [0.2, 0.25) is 0 Å². The van der Waals surface area contributed by atoms with Crippen molar-refractivity contribution >= 4 is 17.1 Å². The number of fused-ring (bicyclic) bond motifs is 4. The van der Waals surface area contributed by atoms with Crippen LogP contribution in [-0.4, -0.2) is 0 Å². The maximum Gasteiger partial charge on any atom is 0.119 e. The van der Waals surface area contributed by atoms with Crippen LogP contribution in [0.3, 0.4) is 0 Å². The Bertz CT molecular complexity index is 3230. The summed E-state index contributed by atoms with van der Waals surface area (Å²) in [5.41, 5.74) is 21.4. The van der Waals surface area contributed by atoms with Gasteiger partial charge in [0.15, 0.2) is 0 Å². The zero-order chi connectivity index (χ0) is 48.9. The van der Waals surface area contributed by atoms with Crippen LogP contribution in [0.2, 0.25) is 0 Å². The van der Waals surface area contributed by atoms with E-state index in [1.165, 1.54) is 105 Å². The van der Waals surface area contributed by atoms with E-state index in [1.54, 1.807) is 11.1 Å². The van der Waals surface area contributed by atoms with Crippen LogP contribution in [0.15, 0.2) is 218 Å². The molecule has 2 heteroatoms. The number of aryl methyl sites for hydroxylation is 3. The monoisotopic (exact) mass is 938 g/mol. The molecule has 0 radical (unpaired) electrons. The van der Waals surface area contributed by atoms with Crippen molar-refractivity contribution in [3.05, 3.63) is 274 Å². The van der Waals surface area contributed by atoms with Gasteiger partial charge in [-0.1, -0.05) is 210 Å². The molecule has 2 aliphatic rings. The average Bonchev–Trinajstić information content (AvgIpc) is 3.72. The molecule has 0 fully saturated rings. The fourth-order valence-corrected chi connectivity index (χ4v) is 11.8. The Kier molecular flexibility index (Phi) is 13.8. The molecule has 9 aromatic carbocycles. The maximum absolute atomic E-state index is 6.60. The van der Waals surface area contributed by atoms with Crippen LogP contribution < -0.4 is 9.64 Å². The second-order valence-corrected chi connectivity index (χ2v) is 20.4. The molecule has 3 unspecified atom stereocenters. The lowest BCUT2D eigenvalue weighted by atomic mass is 9.67.